The molecule has 68 valence electrons. The summed E-state index contributed by atoms with van der Waals surface area (Å²) in [5.41, 5.74) is 9.88. The zero-order valence-corrected chi connectivity index (χ0v) is 9.40. The molecule has 0 fully saturated rings. The van der Waals surface area contributed by atoms with Gasteiger partial charge in [0.25, 0.3) is 0 Å². The van der Waals surface area contributed by atoms with Crippen molar-refractivity contribution in [3.63, 3.8) is 0 Å². The van der Waals surface area contributed by atoms with E-state index in [0.717, 1.165) is 22.4 Å². The van der Waals surface area contributed by atoms with Gasteiger partial charge in [0, 0.05) is 11.3 Å². The molecule has 0 aromatic heterocycles. The summed E-state index contributed by atoms with van der Waals surface area (Å²) < 4.78 is 0. The lowest BCUT2D eigenvalue weighted by atomic mass is 10.0. The summed E-state index contributed by atoms with van der Waals surface area (Å²) in [6.45, 7) is 4.02. The number of alkyl halides is 1. The van der Waals surface area contributed by atoms with Crippen molar-refractivity contribution < 1.29 is 0 Å². The zero-order valence-electron chi connectivity index (χ0n) is 7.82. The largest absolute Gasteiger partial charge is 0.399 e. The van der Waals surface area contributed by atoms with E-state index in [-0.39, 0.29) is 0 Å². The quantitative estimate of drug-likeness (QED) is 0.419. The first-order chi connectivity index (χ1) is 6.15. The van der Waals surface area contributed by atoms with Gasteiger partial charge in [0.05, 0.1) is 5.33 Å². The fraction of sp³-hybridized carbons (Fsp3) is 0.273. The minimum atomic E-state index is 0.704. The van der Waals surface area contributed by atoms with Crippen molar-refractivity contribution in [1.82, 2.24) is 0 Å². The Morgan fingerprint density at radius 3 is 2.62 bits per heavy atom. The van der Waals surface area contributed by atoms with Crippen LogP contribution in [0, 0.1) is 25.7 Å². The number of rotatable bonds is 0. The molecule has 0 spiro atoms. The highest BCUT2D eigenvalue weighted by Gasteiger charge is 1.98. The molecule has 0 radical (unpaired) electrons. The lowest BCUT2D eigenvalue weighted by molar-refractivity contribution is 1.37. The minimum absolute atomic E-state index is 0.704. The van der Waals surface area contributed by atoms with E-state index in [4.69, 9.17) is 5.73 Å². The van der Waals surface area contributed by atoms with E-state index >= 15 is 0 Å². The summed E-state index contributed by atoms with van der Waals surface area (Å²) in [5.74, 6) is 6.06. The second kappa shape index (κ2) is 4.34. The van der Waals surface area contributed by atoms with Gasteiger partial charge in [-0.3, -0.25) is 0 Å². The fourth-order valence-electron chi connectivity index (χ4n) is 1.10. The molecule has 1 nitrogen and oxygen atoms in total. The van der Waals surface area contributed by atoms with Crippen molar-refractivity contribution in [3.05, 3.63) is 28.8 Å². The van der Waals surface area contributed by atoms with E-state index in [0.29, 0.717) is 5.33 Å². The van der Waals surface area contributed by atoms with Crippen molar-refractivity contribution in [2.45, 2.75) is 13.8 Å². The Balaban J connectivity index is 3.16. The van der Waals surface area contributed by atoms with Crippen LogP contribution in [0.2, 0.25) is 0 Å². The first-order valence-corrected chi connectivity index (χ1v) is 5.19. The van der Waals surface area contributed by atoms with Gasteiger partial charge in [0.15, 0.2) is 0 Å². The molecule has 0 unspecified atom stereocenters. The second-order valence-corrected chi connectivity index (χ2v) is 3.52. The van der Waals surface area contributed by atoms with Gasteiger partial charge >= 0.3 is 0 Å². The molecule has 1 rings (SSSR count). The Morgan fingerprint density at radius 2 is 2.00 bits per heavy atom. The summed E-state index contributed by atoms with van der Waals surface area (Å²) in [5, 5.41) is 0.704. The van der Waals surface area contributed by atoms with Gasteiger partial charge in [-0.15, -0.1) is 0 Å². The van der Waals surface area contributed by atoms with Crippen LogP contribution in [-0.2, 0) is 0 Å². The Hall–Kier alpha value is -0.940. The van der Waals surface area contributed by atoms with E-state index < -0.39 is 0 Å². The normalized spacial score (nSPS) is 9.15. The third kappa shape index (κ3) is 2.50. The molecule has 0 heterocycles. The number of nitrogens with two attached hydrogens (primary N) is 1. The molecular formula is C11H12BrN. The third-order valence-corrected chi connectivity index (χ3v) is 2.18. The zero-order chi connectivity index (χ0) is 9.84. The molecule has 0 saturated heterocycles. The standard InChI is InChI=1S/C11H12BrN/c1-8-7-11(13)9(2)6-10(8)4-3-5-12/h6-7H,5,13H2,1-2H3. The number of nitrogen functional groups attached to an aromatic ring is 1. The van der Waals surface area contributed by atoms with Crippen LogP contribution in [0.25, 0.3) is 0 Å². The Kier molecular flexibility index (Phi) is 3.39. The topological polar surface area (TPSA) is 26.0 Å². The average molecular weight is 238 g/mol. The Morgan fingerprint density at radius 1 is 1.31 bits per heavy atom. The highest BCUT2D eigenvalue weighted by Crippen LogP contribution is 2.16. The van der Waals surface area contributed by atoms with Gasteiger partial charge < -0.3 is 5.73 Å². The number of hydrogen-bond acceptors (Lipinski definition) is 1. The predicted molar refractivity (Wildman–Crippen MR) is 61.0 cm³/mol. The van der Waals surface area contributed by atoms with Gasteiger partial charge in [-0.1, -0.05) is 27.8 Å². The molecular weight excluding hydrogens is 226 g/mol. The van der Waals surface area contributed by atoms with E-state index in [2.05, 4.69) is 27.8 Å². The molecule has 0 aliphatic carbocycles. The number of hydrogen-bond donors (Lipinski definition) is 1. The van der Waals surface area contributed by atoms with Crippen molar-refractivity contribution in [1.29, 1.82) is 0 Å². The summed E-state index contributed by atoms with van der Waals surface area (Å²) in [6.07, 6.45) is 0. The molecule has 2 heteroatoms. The summed E-state index contributed by atoms with van der Waals surface area (Å²) in [7, 11) is 0. The Bertz CT molecular complexity index is 372. The van der Waals surface area contributed by atoms with Crippen LogP contribution in [0.5, 0.6) is 0 Å². The molecule has 0 atom stereocenters. The van der Waals surface area contributed by atoms with E-state index in [9.17, 15) is 0 Å². The van der Waals surface area contributed by atoms with Crippen LogP contribution in [0.1, 0.15) is 16.7 Å². The van der Waals surface area contributed by atoms with Crippen molar-refractivity contribution >= 4 is 21.6 Å². The molecule has 0 aliphatic rings. The second-order valence-electron chi connectivity index (χ2n) is 2.96. The van der Waals surface area contributed by atoms with Gasteiger partial charge in [0.1, 0.15) is 0 Å². The number of halogens is 1. The fourth-order valence-corrected chi connectivity index (χ4v) is 1.24. The maximum absolute atomic E-state index is 5.76. The Labute approximate surface area is 87.5 Å². The van der Waals surface area contributed by atoms with Crippen LogP contribution >= 0.6 is 15.9 Å². The molecule has 13 heavy (non-hydrogen) atoms. The van der Waals surface area contributed by atoms with Crippen molar-refractivity contribution in [2.75, 3.05) is 11.1 Å². The molecule has 2 N–H and O–H groups in total. The average Bonchev–Trinajstić information content (AvgIpc) is 2.09. The van der Waals surface area contributed by atoms with Crippen molar-refractivity contribution in [3.8, 4) is 11.8 Å². The van der Waals surface area contributed by atoms with Gasteiger partial charge in [-0.2, -0.15) is 0 Å². The van der Waals surface area contributed by atoms with Crippen LogP contribution in [-0.4, -0.2) is 5.33 Å². The maximum atomic E-state index is 5.76. The summed E-state index contributed by atoms with van der Waals surface area (Å²) >= 11 is 3.27. The number of aryl methyl sites for hydroxylation is 2. The lowest BCUT2D eigenvalue weighted by Gasteiger charge is -2.03. The van der Waals surface area contributed by atoms with Crippen LogP contribution in [0.4, 0.5) is 5.69 Å². The molecule has 1 aromatic rings. The van der Waals surface area contributed by atoms with Gasteiger partial charge in [0.2, 0.25) is 0 Å². The first kappa shape index (κ1) is 10.1. The highest BCUT2D eigenvalue weighted by molar-refractivity contribution is 9.09. The molecule has 0 amide bonds. The van der Waals surface area contributed by atoms with E-state index in [1.165, 1.54) is 0 Å². The van der Waals surface area contributed by atoms with Gasteiger partial charge in [-0.25, -0.2) is 0 Å². The van der Waals surface area contributed by atoms with E-state index in [1.54, 1.807) is 0 Å². The smallest absolute Gasteiger partial charge is 0.0649 e. The number of anilines is 1. The molecule has 0 aliphatic heterocycles. The predicted octanol–water partition coefficient (Wildman–Crippen LogP) is 2.63. The first-order valence-electron chi connectivity index (χ1n) is 4.06. The highest BCUT2D eigenvalue weighted by atomic mass is 79.9. The number of benzene rings is 1. The molecule has 0 saturated carbocycles. The minimum Gasteiger partial charge on any atom is -0.399 e. The third-order valence-electron chi connectivity index (χ3n) is 1.90. The van der Waals surface area contributed by atoms with Gasteiger partial charge in [-0.05, 0) is 37.1 Å². The summed E-state index contributed by atoms with van der Waals surface area (Å²) in [6, 6.07) is 3.99. The lowest BCUT2D eigenvalue weighted by Crippen LogP contribution is -1.93. The molecule has 1 aromatic carbocycles. The van der Waals surface area contributed by atoms with Crippen molar-refractivity contribution in [2.24, 2.45) is 0 Å². The van der Waals surface area contributed by atoms with Crippen LogP contribution in [0.3, 0.4) is 0 Å². The van der Waals surface area contributed by atoms with Crippen LogP contribution in [0.15, 0.2) is 12.1 Å². The molecule has 0 bridgehead atoms. The van der Waals surface area contributed by atoms with Crippen LogP contribution < -0.4 is 5.73 Å². The SMILES string of the molecule is Cc1cc(C#CCBr)c(C)cc1N. The van der Waals surface area contributed by atoms with E-state index in [1.807, 2.05) is 26.0 Å². The summed E-state index contributed by atoms with van der Waals surface area (Å²) in [4.78, 5) is 0. The maximum Gasteiger partial charge on any atom is 0.0649 e. The monoisotopic (exact) mass is 237 g/mol.